The smallest absolute Gasteiger partial charge is 0.262 e. The number of methoxy groups -OCH3 is 1. The molecule has 7 nitrogen and oxygen atoms in total. The summed E-state index contributed by atoms with van der Waals surface area (Å²) in [5.41, 5.74) is 0.910. The van der Waals surface area contributed by atoms with Gasteiger partial charge < -0.3 is 25.4 Å². The van der Waals surface area contributed by atoms with Gasteiger partial charge in [-0.15, -0.1) is 0 Å². The Morgan fingerprint density at radius 1 is 1.22 bits per heavy atom. The summed E-state index contributed by atoms with van der Waals surface area (Å²) in [6, 6.07) is 10.9. The van der Waals surface area contributed by atoms with Gasteiger partial charge in [0.05, 0.1) is 7.11 Å². The second kappa shape index (κ2) is 8.97. The summed E-state index contributed by atoms with van der Waals surface area (Å²) in [5, 5.41) is 40.4. The van der Waals surface area contributed by atoms with Gasteiger partial charge in [-0.1, -0.05) is 30.4 Å². The third kappa shape index (κ3) is 5.03. The van der Waals surface area contributed by atoms with Gasteiger partial charge in [0.1, 0.15) is 11.6 Å². The highest BCUT2D eigenvalue weighted by Gasteiger charge is 2.10. The monoisotopic (exact) mass is 366 g/mol. The lowest BCUT2D eigenvalue weighted by atomic mass is 10.1. The largest absolute Gasteiger partial charge is 0.504 e. The first-order chi connectivity index (χ1) is 13.0. The molecule has 0 spiro atoms. The zero-order chi connectivity index (χ0) is 19.8. The fraction of sp³-hybridized carbons (Fsp3) is 0.100. The van der Waals surface area contributed by atoms with Crippen LogP contribution in [0.4, 0.5) is 0 Å². The number of carbonyl (C=O) groups excluding carboxylic acids is 1. The molecule has 0 saturated heterocycles. The number of para-hydroxylation sites is 1. The molecule has 0 aliphatic rings. The molecule has 0 saturated carbocycles. The van der Waals surface area contributed by atoms with E-state index in [1.807, 2.05) is 0 Å². The van der Waals surface area contributed by atoms with Crippen molar-refractivity contribution in [1.82, 2.24) is 5.32 Å². The highest BCUT2D eigenvalue weighted by atomic mass is 16.5. The molecule has 2 aromatic rings. The maximum atomic E-state index is 12.1. The number of nitrogens with zero attached hydrogens (tertiary/aromatic N) is 1. The second-order valence-corrected chi connectivity index (χ2v) is 5.45. The first kappa shape index (κ1) is 19.4. The fourth-order valence-electron chi connectivity index (χ4n) is 2.21. The molecule has 7 heteroatoms. The van der Waals surface area contributed by atoms with Crippen molar-refractivity contribution in [2.24, 2.45) is 0 Å². The molecule has 4 N–H and O–H groups in total. The van der Waals surface area contributed by atoms with E-state index in [0.717, 1.165) is 0 Å². The Bertz CT molecular complexity index is 942. The molecule has 138 valence electrons. The summed E-state index contributed by atoms with van der Waals surface area (Å²) in [6.07, 6.45) is 4.51. The highest BCUT2D eigenvalue weighted by molar-refractivity contribution is 5.97. The number of rotatable bonds is 6. The second-order valence-electron chi connectivity index (χ2n) is 5.45. The molecule has 0 aromatic heterocycles. The van der Waals surface area contributed by atoms with Crippen LogP contribution in [0.3, 0.4) is 0 Å². The predicted octanol–water partition coefficient (Wildman–Crippen LogP) is 2.59. The SMILES string of the molecule is COc1cc(/C=C/C=C(\C#N)C(=O)NCc2cccc(O)c2O)ccc1O. The summed E-state index contributed by atoms with van der Waals surface area (Å²) < 4.78 is 5.01. The van der Waals surface area contributed by atoms with Crippen LogP contribution in [0.5, 0.6) is 23.0 Å². The number of ether oxygens (including phenoxy) is 1. The quantitative estimate of drug-likeness (QED) is 0.270. The minimum atomic E-state index is -0.617. The van der Waals surface area contributed by atoms with Gasteiger partial charge in [0.25, 0.3) is 5.91 Å². The lowest BCUT2D eigenvalue weighted by Gasteiger charge is -2.07. The number of allylic oxidation sites excluding steroid dienone is 2. The maximum absolute atomic E-state index is 12.1. The number of hydrogen-bond donors (Lipinski definition) is 4. The van der Waals surface area contributed by atoms with Crippen LogP contribution in [0.25, 0.3) is 6.08 Å². The lowest BCUT2D eigenvalue weighted by Crippen LogP contribution is -2.24. The molecule has 2 aromatic carbocycles. The molecule has 0 bridgehead atoms. The molecule has 27 heavy (non-hydrogen) atoms. The van der Waals surface area contributed by atoms with Gasteiger partial charge in [-0.2, -0.15) is 5.26 Å². The summed E-state index contributed by atoms with van der Waals surface area (Å²) >= 11 is 0. The van der Waals surface area contributed by atoms with Crippen molar-refractivity contribution in [2.75, 3.05) is 7.11 Å². The van der Waals surface area contributed by atoms with Crippen LogP contribution in [0.1, 0.15) is 11.1 Å². The maximum Gasteiger partial charge on any atom is 0.262 e. The third-order valence-electron chi connectivity index (χ3n) is 3.66. The van der Waals surface area contributed by atoms with Crippen LogP contribution in [-0.4, -0.2) is 28.3 Å². The van der Waals surface area contributed by atoms with Gasteiger partial charge in [-0.3, -0.25) is 4.79 Å². The molecular formula is C20H18N2O5. The molecule has 1 amide bonds. The molecule has 0 unspecified atom stereocenters. The Balaban J connectivity index is 2.05. The molecule has 0 aliphatic heterocycles. The molecule has 2 rings (SSSR count). The summed E-state index contributed by atoms with van der Waals surface area (Å²) in [6.45, 7) is -0.0447. The van der Waals surface area contributed by atoms with Crippen LogP contribution < -0.4 is 10.1 Å². The van der Waals surface area contributed by atoms with E-state index in [2.05, 4.69) is 5.32 Å². The van der Waals surface area contributed by atoms with Crippen LogP contribution in [0.15, 0.2) is 54.1 Å². The third-order valence-corrected chi connectivity index (χ3v) is 3.66. The van der Waals surface area contributed by atoms with Gasteiger partial charge >= 0.3 is 0 Å². The molecule has 0 heterocycles. The predicted molar refractivity (Wildman–Crippen MR) is 99.0 cm³/mol. The van der Waals surface area contributed by atoms with Gasteiger partial charge in [-0.25, -0.2) is 0 Å². The van der Waals surface area contributed by atoms with Crippen molar-refractivity contribution in [3.63, 3.8) is 0 Å². The number of carbonyl (C=O) groups is 1. The lowest BCUT2D eigenvalue weighted by molar-refractivity contribution is -0.117. The van der Waals surface area contributed by atoms with Gasteiger partial charge in [0, 0.05) is 12.1 Å². The normalized spacial score (nSPS) is 11.2. The number of nitrogens with one attached hydrogen (secondary N) is 1. The van der Waals surface area contributed by atoms with Gasteiger partial charge in [0.15, 0.2) is 23.0 Å². The molecular weight excluding hydrogens is 348 g/mol. The van der Waals surface area contributed by atoms with E-state index in [1.165, 1.54) is 37.5 Å². The Labute approximate surface area is 156 Å². The molecule has 0 radical (unpaired) electrons. The Kier molecular flexibility index (Phi) is 6.44. The van der Waals surface area contributed by atoms with Crippen LogP contribution >= 0.6 is 0 Å². The molecule has 0 aliphatic carbocycles. The van der Waals surface area contributed by atoms with Crippen molar-refractivity contribution in [2.45, 2.75) is 6.54 Å². The number of phenolic OH excluding ortho intramolecular Hbond substituents is 3. The average molecular weight is 366 g/mol. The summed E-state index contributed by atoms with van der Waals surface area (Å²) in [5.74, 6) is -0.900. The van der Waals surface area contributed by atoms with Crippen molar-refractivity contribution < 1.29 is 24.9 Å². The standard InChI is InChI=1S/C20H18N2O5/c1-27-18-10-13(8-9-16(18)23)4-2-5-14(11-21)20(26)22-12-15-6-3-7-17(24)19(15)25/h2-10,23-25H,12H2,1H3,(H,22,26)/b4-2+,14-5+. The van der Waals surface area contributed by atoms with E-state index in [4.69, 9.17) is 10.00 Å². The Morgan fingerprint density at radius 2 is 2.00 bits per heavy atom. The van der Waals surface area contributed by atoms with Crippen molar-refractivity contribution in [1.29, 1.82) is 5.26 Å². The van der Waals surface area contributed by atoms with E-state index in [0.29, 0.717) is 16.9 Å². The van der Waals surface area contributed by atoms with Gasteiger partial charge in [0.2, 0.25) is 0 Å². The fourth-order valence-corrected chi connectivity index (χ4v) is 2.21. The topological polar surface area (TPSA) is 123 Å². The van der Waals surface area contributed by atoms with Crippen molar-refractivity contribution in [3.8, 4) is 29.1 Å². The number of nitriles is 1. The first-order valence-electron chi connectivity index (χ1n) is 7.89. The average Bonchev–Trinajstić information content (AvgIpc) is 2.67. The van der Waals surface area contributed by atoms with E-state index in [1.54, 1.807) is 30.3 Å². The van der Waals surface area contributed by atoms with Crippen LogP contribution in [0.2, 0.25) is 0 Å². The number of hydrogen-bond acceptors (Lipinski definition) is 6. The van der Waals surface area contributed by atoms with Crippen LogP contribution in [-0.2, 0) is 11.3 Å². The van der Waals surface area contributed by atoms with E-state index in [9.17, 15) is 20.1 Å². The molecule has 0 fully saturated rings. The van der Waals surface area contributed by atoms with E-state index >= 15 is 0 Å². The molecule has 0 atom stereocenters. The first-order valence-corrected chi connectivity index (χ1v) is 7.89. The zero-order valence-electron chi connectivity index (χ0n) is 14.5. The zero-order valence-corrected chi connectivity index (χ0v) is 14.5. The number of benzene rings is 2. The van der Waals surface area contributed by atoms with E-state index < -0.39 is 5.91 Å². The van der Waals surface area contributed by atoms with E-state index in [-0.39, 0.29) is 29.4 Å². The van der Waals surface area contributed by atoms with Crippen LogP contribution in [0, 0.1) is 11.3 Å². The highest BCUT2D eigenvalue weighted by Crippen LogP contribution is 2.28. The Hall–Kier alpha value is -3.92. The van der Waals surface area contributed by atoms with Gasteiger partial charge in [-0.05, 0) is 29.8 Å². The summed E-state index contributed by atoms with van der Waals surface area (Å²) in [4.78, 5) is 12.1. The van der Waals surface area contributed by atoms with Crippen molar-refractivity contribution in [3.05, 3.63) is 65.3 Å². The summed E-state index contributed by atoms with van der Waals surface area (Å²) in [7, 11) is 1.44. The number of amides is 1. The van der Waals surface area contributed by atoms with Crippen molar-refractivity contribution >= 4 is 12.0 Å². The minimum Gasteiger partial charge on any atom is -0.504 e. The number of phenols is 3. The number of aromatic hydroxyl groups is 3. The Morgan fingerprint density at radius 3 is 2.70 bits per heavy atom. The minimum absolute atomic E-state index is 0.0116.